The van der Waals surface area contributed by atoms with Crippen molar-refractivity contribution in [2.45, 2.75) is 13.1 Å². The Morgan fingerprint density at radius 2 is 1.88 bits per heavy atom. The molecule has 0 heterocycles. The summed E-state index contributed by atoms with van der Waals surface area (Å²) in [6.45, 7) is 1.23. The first-order valence-electron chi connectivity index (χ1n) is 7.08. The Morgan fingerprint density at radius 3 is 2.38 bits per heavy atom. The minimum absolute atomic E-state index is 0.0250. The van der Waals surface area contributed by atoms with Crippen molar-refractivity contribution in [2.75, 3.05) is 11.9 Å². The molecule has 0 fully saturated rings. The summed E-state index contributed by atoms with van der Waals surface area (Å²) in [6, 6.07) is 6.17. The molecule has 138 valence electrons. The summed E-state index contributed by atoms with van der Waals surface area (Å²) in [4.78, 5) is 23.0. The molecule has 0 aliphatic carbocycles. The maximum Gasteiger partial charge on any atom is 0.416 e. The standard InChI is InChI=1S/C16H12ClF3N2O4/c1-9(23)21(2)14-8-11(4-5-13(14)22(24)25)26-15-6-3-10(7-12(15)17)16(18,19)20/h3-8H,1-2H3. The van der Waals surface area contributed by atoms with Crippen LogP contribution in [0.15, 0.2) is 36.4 Å². The number of anilines is 1. The Bertz CT molecular complexity index is 871. The Balaban J connectivity index is 2.40. The zero-order valence-corrected chi connectivity index (χ0v) is 14.3. The van der Waals surface area contributed by atoms with Crippen molar-refractivity contribution in [1.82, 2.24) is 0 Å². The van der Waals surface area contributed by atoms with Crippen LogP contribution in [-0.4, -0.2) is 17.9 Å². The number of nitrogens with zero attached hydrogens (tertiary/aromatic N) is 2. The number of ether oxygens (including phenoxy) is 1. The molecule has 0 aliphatic heterocycles. The number of alkyl halides is 3. The van der Waals surface area contributed by atoms with Gasteiger partial charge >= 0.3 is 6.18 Å². The van der Waals surface area contributed by atoms with Crippen LogP contribution in [-0.2, 0) is 11.0 Å². The number of hydrogen-bond donors (Lipinski definition) is 0. The monoisotopic (exact) mass is 388 g/mol. The van der Waals surface area contributed by atoms with E-state index >= 15 is 0 Å². The molecule has 0 saturated carbocycles. The molecule has 6 nitrogen and oxygen atoms in total. The van der Waals surface area contributed by atoms with Gasteiger partial charge in [0.15, 0.2) is 0 Å². The summed E-state index contributed by atoms with van der Waals surface area (Å²) in [6.07, 6.45) is -4.55. The minimum atomic E-state index is -4.55. The molecule has 0 atom stereocenters. The van der Waals surface area contributed by atoms with Gasteiger partial charge in [0.2, 0.25) is 5.91 Å². The van der Waals surface area contributed by atoms with Gasteiger partial charge in [-0.25, -0.2) is 0 Å². The van der Waals surface area contributed by atoms with Crippen LogP contribution in [0.3, 0.4) is 0 Å². The SMILES string of the molecule is CC(=O)N(C)c1cc(Oc2ccc(C(F)(F)F)cc2Cl)ccc1[N+](=O)[O-]. The Labute approximate surface area is 150 Å². The molecular weight excluding hydrogens is 377 g/mol. The third-order valence-corrected chi connectivity index (χ3v) is 3.76. The zero-order valence-electron chi connectivity index (χ0n) is 13.5. The second-order valence-electron chi connectivity index (χ2n) is 5.23. The van der Waals surface area contributed by atoms with E-state index in [1.165, 1.54) is 26.1 Å². The second kappa shape index (κ2) is 7.20. The molecule has 0 aliphatic rings. The molecule has 0 spiro atoms. The third-order valence-electron chi connectivity index (χ3n) is 3.46. The molecule has 0 unspecified atom stereocenters. The number of rotatable bonds is 4. The number of halogens is 4. The number of nitro groups is 1. The fourth-order valence-corrected chi connectivity index (χ4v) is 2.27. The molecule has 10 heteroatoms. The lowest BCUT2D eigenvalue weighted by Gasteiger charge is -2.17. The van der Waals surface area contributed by atoms with Gasteiger partial charge in [-0.15, -0.1) is 0 Å². The number of benzene rings is 2. The van der Waals surface area contributed by atoms with Gasteiger partial charge in [0, 0.05) is 26.1 Å². The van der Waals surface area contributed by atoms with Crippen molar-refractivity contribution >= 4 is 28.9 Å². The normalized spacial score (nSPS) is 11.2. The average Bonchev–Trinajstić information content (AvgIpc) is 2.54. The van der Waals surface area contributed by atoms with Crippen molar-refractivity contribution in [2.24, 2.45) is 0 Å². The lowest BCUT2D eigenvalue weighted by atomic mass is 10.2. The van der Waals surface area contributed by atoms with Crippen LogP contribution in [0.4, 0.5) is 24.5 Å². The predicted octanol–water partition coefficient (Wildman–Crippen LogP) is 5.04. The van der Waals surface area contributed by atoms with Gasteiger partial charge in [-0.2, -0.15) is 13.2 Å². The van der Waals surface area contributed by atoms with Crippen LogP contribution in [0, 0.1) is 10.1 Å². The van der Waals surface area contributed by atoms with Crippen molar-refractivity contribution < 1.29 is 27.6 Å². The number of nitro benzene ring substituents is 1. The summed E-state index contributed by atoms with van der Waals surface area (Å²) in [5.41, 5.74) is -1.29. The van der Waals surface area contributed by atoms with E-state index in [4.69, 9.17) is 16.3 Å². The number of carbonyl (C=O) groups excluding carboxylic acids is 1. The molecule has 0 saturated heterocycles. The van der Waals surface area contributed by atoms with Crippen molar-refractivity contribution in [3.63, 3.8) is 0 Å². The first kappa shape index (κ1) is 19.5. The molecule has 2 rings (SSSR count). The van der Waals surface area contributed by atoms with Crippen molar-refractivity contribution in [3.05, 3.63) is 57.1 Å². The van der Waals surface area contributed by atoms with Gasteiger partial charge in [0.05, 0.1) is 15.5 Å². The van der Waals surface area contributed by atoms with Crippen molar-refractivity contribution in [1.29, 1.82) is 0 Å². The molecule has 26 heavy (non-hydrogen) atoms. The zero-order chi connectivity index (χ0) is 19.6. The molecule has 2 aromatic carbocycles. The summed E-state index contributed by atoms with van der Waals surface area (Å²) in [5, 5.41) is 10.8. The second-order valence-corrected chi connectivity index (χ2v) is 5.64. The molecule has 2 aromatic rings. The van der Waals surface area contributed by atoms with Crippen LogP contribution in [0.1, 0.15) is 12.5 Å². The van der Waals surface area contributed by atoms with E-state index in [9.17, 15) is 28.1 Å². The first-order chi connectivity index (χ1) is 12.0. The first-order valence-corrected chi connectivity index (χ1v) is 7.46. The van der Waals surface area contributed by atoms with Crippen LogP contribution >= 0.6 is 11.6 Å². The highest BCUT2D eigenvalue weighted by Gasteiger charge is 2.31. The Hall–Kier alpha value is -2.81. The predicted molar refractivity (Wildman–Crippen MR) is 88.7 cm³/mol. The summed E-state index contributed by atoms with van der Waals surface area (Å²) >= 11 is 5.82. The Kier molecular flexibility index (Phi) is 5.41. The Morgan fingerprint density at radius 1 is 1.23 bits per heavy atom. The molecule has 0 bridgehead atoms. The molecule has 0 N–H and O–H groups in total. The fraction of sp³-hybridized carbons (Fsp3) is 0.188. The molecule has 0 radical (unpaired) electrons. The molecule has 1 amide bonds. The maximum atomic E-state index is 12.7. The number of hydrogen-bond acceptors (Lipinski definition) is 4. The summed E-state index contributed by atoms with van der Waals surface area (Å²) in [7, 11) is 1.35. The van der Waals surface area contributed by atoms with Crippen LogP contribution in [0.25, 0.3) is 0 Å². The van der Waals surface area contributed by atoms with Gasteiger partial charge in [0.25, 0.3) is 5.69 Å². The fourth-order valence-electron chi connectivity index (χ4n) is 2.05. The van der Waals surface area contributed by atoms with E-state index in [0.29, 0.717) is 6.07 Å². The largest absolute Gasteiger partial charge is 0.456 e. The highest BCUT2D eigenvalue weighted by Crippen LogP contribution is 2.38. The van der Waals surface area contributed by atoms with Crippen LogP contribution in [0.2, 0.25) is 5.02 Å². The van der Waals surface area contributed by atoms with E-state index < -0.39 is 22.6 Å². The summed E-state index contributed by atoms with van der Waals surface area (Å²) < 4.78 is 43.4. The van der Waals surface area contributed by atoms with Gasteiger partial charge in [-0.1, -0.05) is 11.6 Å². The topological polar surface area (TPSA) is 72.7 Å². The molecule has 0 aromatic heterocycles. The van der Waals surface area contributed by atoms with E-state index in [-0.39, 0.29) is 27.9 Å². The van der Waals surface area contributed by atoms with Gasteiger partial charge < -0.3 is 9.64 Å². The van der Waals surface area contributed by atoms with Gasteiger partial charge in [-0.05, 0) is 24.3 Å². The quantitative estimate of drug-likeness (QED) is 0.543. The van der Waals surface area contributed by atoms with Crippen LogP contribution < -0.4 is 9.64 Å². The lowest BCUT2D eigenvalue weighted by Crippen LogP contribution is -2.23. The highest BCUT2D eigenvalue weighted by atomic mass is 35.5. The highest BCUT2D eigenvalue weighted by molar-refractivity contribution is 6.32. The van der Waals surface area contributed by atoms with Gasteiger partial charge in [-0.3, -0.25) is 14.9 Å². The van der Waals surface area contributed by atoms with Gasteiger partial charge in [0.1, 0.15) is 17.2 Å². The third kappa shape index (κ3) is 4.23. The average molecular weight is 389 g/mol. The van der Waals surface area contributed by atoms with E-state index in [0.717, 1.165) is 23.1 Å². The van der Waals surface area contributed by atoms with E-state index in [2.05, 4.69) is 0 Å². The molecular formula is C16H12ClF3N2O4. The lowest BCUT2D eigenvalue weighted by molar-refractivity contribution is -0.384. The van der Waals surface area contributed by atoms with E-state index in [1.54, 1.807) is 0 Å². The minimum Gasteiger partial charge on any atom is -0.456 e. The van der Waals surface area contributed by atoms with Crippen LogP contribution in [0.5, 0.6) is 11.5 Å². The number of carbonyl (C=O) groups is 1. The summed E-state index contributed by atoms with van der Waals surface area (Å²) in [5.74, 6) is -0.442. The number of amides is 1. The maximum absolute atomic E-state index is 12.7. The van der Waals surface area contributed by atoms with E-state index in [1.807, 2.05) is 0 Å². The smallest absolute Gasteiger partial charge is 0.416 e. The van der Waals surface area contributed by atoms with Crippen molar-refractivity contribution in [3.8, 4) is 11.5 Å².